The van der Waals surface area contributed by atoms with E-state index in [4.69, 9.17) is 9.47 Å². The molecule has 1 saturated heterocycles. The number of piperidine rings is 1. The summed E-state index contributed by atoms with van der Waals surface area (Å²) in [7, 11) is 3.40. The van der Waals surface area contributed by atoms with E-state index in [9.17, 15) is 0 Å². The minimum Gasteiger partial charge on any atom is -0.497 e. The van der Waals surface area contributed by atoms with E-state index in [-0.39, 0.29) is 0 Å². The first-order valence-corrected chi connectivity index (χ1v) is 7.43. The van der Waals surface area contributed by atoms with Crippen LogP contribution in [0.3, 0.4) is 0 Å². The van der Waals surface area contributed by atoms with Crippen LogP contribution in [-0.2, 0) is 6.54 Å². The highest BCUT2D eigenvalue weighted by Gasteiger charge is 2.19. The van der Waals surface area contributed by atoms with E-state index in [0.717, 1.165) is 37.7 Å². The van der Waals surface area contributed by atoms with Crippen molar-refractivity contribution in [3.05, 3.63) is 23.8 Å². The van der Waals surface area contributed by atoms with Gasteiger partial charge in [0.1, 0.15) is 11.5 Å². The molecule has 1 aromatic carbocycles. The molecule has 0 aromatic heterocycles. The highest BCUT2D eigenvalue weighted by atomic mass is 16.5. The molecule has 1 aromatic rings. The van der Waals surface area contributed by atoms with Crippen LogP contribution in [0.5, 0.6) is 11.5 Å². The summed E-state index contributed by atoms with van der Waals surface area (Å²) in [6.07, 6.45) is 2.46. The topological polar surface area (TPSA) is 33.7 Å². The van der Waals surface area contributed by atoms with Crippen LogP contribution in [0.1, 0.15) is 25.3 Å². The summed E-state index contributed by atoms with van der Waals surface area (Å²) in [6, 6.07) is 6.76. The number of ether oxygens (including phenoxy) is 2. The molecule has 0 aliphatic carbocycles. The van der Waals surface area contributed by atoms with Gasteiger partial charge in [-0.25, -0.2) is 0 Å². The van der Waals surface area contributed by atoms with Gasteiger partial charge in [0.25, 0.3) is 0 Å². The Balaban J connectivity index is 1.94. The molecule has 2 rings (SSSR count). The molecule has 112 valence electrons. The van der Waals surface area contributed by atoms with E-state index in [0.29, 0.717) is 6.04 Å². The van der Waals surface area contributed by atoms with Crippen molar-refractivity contribution in [1.82, 2.24) is 10.2 Å². The first-order valence-electron chi connectivity index (χ1n) is 7.43. The standard InChI is InChI=1S/C16H26N2O2/c1-4-17-14-7-9-18(10-8-14)12-13-5-6-15(19-2)11-16(13)20-3/h5-6,11,14,17H,4,7-10,12H2,1-3H3. The largest absolute Gasteiger partial charge is 0.497 e. The lowest BCUT2D eigenvalue weighted by molar-refractivity contribution is 0.190. The molecular weight excluding hydrogens is 252 g/mol. The number of nitrogens with zero attached hydrogens (tertiary/aromatic N) is 1. The van der Waals surface area contributed by atoms with Gasteiger partial charge in [-0.2, -0.15) is 0 Å². The van der Waals surface area contributed by atoms with Crippen molar-refractivity contribution < 1.29 is 9.47 Å². The fourth-order valence-corrected chi connectivity index (χ4v) is 2.81. The summed E-state index contributed by atoms with van der Waals surface area (Å²) >= 11 is 0. The molecule has 0 radical (unpaired) electrons. The van der Waals surface area contributed by atoms with Gasteiger partial charge in [0, 0.05) is 24.2 Å². The summed E-state index contributed by atoms with van der Waals surface area (Å²) in [6.45, 7) is 6.48. The number of nitrogens with one attached hydrogen (secondary N) is 1. The molecular formula is C16H26N2O2. The fraction of sp³-hybridized carbons (Fsp3) is 0.625. The maximum atomic E-state index is 5.47. The number of methoxy groups -OCH3 is 2. The third-order valence-electron chi connectivity index (χ3n) is 3.97. The third kappa shape index (κ3) is 3.87. The van der Waals surface area contributed by atoms with Crippen molar-refractivity contribution in [2.45, 2.75) is 32.4 Å². The first kappa shape index (κ1) is 15.1. The molecule has 0 spiro atoms. The summed E-state index contributed by atoms with van der Waals surface area (Å²) in [5.74, 6) is 1.76. The van der Waals surface area contributed by atoms with Crippen molar-refractivity contribution >= 4 is 0 Å². The zero-order valence-corrected chi connectivity index (χ0v) is 12.8. The third-order valence-corrected chi connectivity index (χ3v) is 3.97. The normalized spacial score (nSPS) is 17.1. The number of hydrogen-bond acceptors (Lipinski definition) is 4. The van der Waals surface area contributed by atoms with Gasteiger partial charge in [-0.05, 0) is 38.5 Å². The van der Waals surface area contributed by atoms with Crippen LogP contribution in [-0.4, -0.2) is 44.8 Å². The maximum Gasteiger partial charge on any atom is 0.127 e. The maximum absolute atomic E-state index is 5.47. The smallest absolute Gasteiger partial charge is 0.127 e. The molecule has 4 heteroatoms. The predicted molar refractivity (Wildman–Crippen MR) is 81.5 cm³/mol. The Labute approximate surface area is 122 Å². The number of benzene rings is 1. The van der Waals surface area contributed by atoms with Crippen LogP contribution in [0.25, 0.3) is 0 Å². The number of rotatable bonds is 6. The lowest BCUT2D eigenvalue weighted by Gasteiger charge is -2.32. The molecule has 0 unspecified atom stereocenters. The highest BCUT2D eigenvalue weighted by molar-refractivity contribution is 5.40. The minimum absolute atomic E-state index is 0.689. The Morgan fingerprint density at radius 2 is 1.95 bits per heavy atom. The van der Waals surface area contributed by atoms with Gasteiger partial charge in [0.2, 0.25) is 0 Å². The van der Waals surface area contributed by atoms with Gasteiger partial charge in [0.15, 0.2) is 0 Å². The predicted octanol–water partition coefficient (Wildman–Crippen LogP) is 2.28. The van der Waals surface area contributed by atoms with Crippen LogP contribution in [0.15, 0.2) is 18.2 Å². The van der Waals surface area contributed by atoms with Crippen molar-refractivity contribution in [2.24, 2.45) is 0 Å². The Kier molecular flexibility index (Phi) is 5.68. The molecule has 0 saturated carbocycles. The molecule has 0 atom stereocenters. The van der Waals surface area contributed by atoms with E-state index in [1.807, 2.05) is 12.1 Å². The number of hydrogen-bond donors (Lipinski definition) is 1. The van der Waals surface area contributed by atoms with Crippen LogP contribution in [0.4, 0.5) is 0 Å². The molecule has 20 heavy (non-hydrogen) atoms. The SMILES string of the molecule is CCNC1CCN(Cc2ccc(OC)cc2OC)CC1. The van der Waals surface area contributed by atoms with Gasteiger partial charge in [-0.3, -0.25) is 4.90 Å². The van der Waals surface area contributed by atoms with Crippen LogP contribution >= 0.6 is 0 Å². The van der Waals surface area contributed by atoms with E-state index in [2.05, 4.69) is 23.2 Å². The van der Waals surface area contributed by atoms with Crippen LogP contribution in [0, 0.1) is 0 Å². The Morgan fingerprint density at radius 3 is 2.55 bits per heavy atom. The van der Waals surface area contributed by atoms with E-state index in [1.165, 1.54) is 18.4 Å². The first-order chi connectivity index (χ1) is 9.76. The zero-order valence-electron chi connectivity index (χ0n) is 12.8. The molecule has 0 bridgehead atoms. The molecule has 1 heterocycles. The van der Waals surface area contributed by atoms with Crippen molar-refractivity contribution in [3.8, 4) is 11.5 Å². The van der Waals surface area contributed by atoms with Crippen molar-refractivity contribution in [3.63, 3.8) is 0 Å². The van der Waals surface area contributed by atoms with Crippen molar-refractivity contribution in [2.75, 3.05) is 33.9 Å². The molecule has 1 aliphatic heterocycles. The highest BCUT2D eigenvalue weighted by Crippen LogP contribution is 2.26. The fourth-order valence-electron chi connectivity index (χ4n) is 2.81. The zero-order chi connectivity index (χ0) is 14.4. The van der Waals surface area contributed by atoms with E-state index < -0.39 is 0 Å². The molecule has 0 amide bonds. The molecule has 1 N–H and O–H groups in total. The summed E-state index contributed by atoms with van der Waals surface area (Å²) < 4.78 is 10.7. The summed E-state index contributed by atoms with van der Waals surface area (Å²) in [5.41, 5.74) is 1.23. The van der Waals surface area contributed by atoms with E-state index >= 15 is 0 Å². The number of likely N-dealkylation sites (tertiary alicyclic amines) is 1. The second-order valence-corrected chi connectivity index (χ2v) is 5.29. The monoisotopic (exact) mass is 278 g/mol. The molecule has 1 aliphatic rings. The van der Waals surface area contributed by atoms with Crippen LogP contribution in [0.2, 0.25) is 0 Å². The second-order valence-electron chi connectivity index (χ2n) is 5.29. The van der Waals surface area contributed by atoms with E-state index in [1.54, 1.807) is 14.2 Å². The molecule has 1 fully saturated rings. The minimum atomic E-state index is 0.689. The van der Waals surface area contributed by atoms with Gasteiger partial charge in [-0.1, -0.05) is 13.0 Å². The average Bonchev–Trinajstić information content (AvgIpc) is 2.50. The molecule has 4 nitrogen and oxygen atoms in total. The Morgan fingerprint density at radius 1 is 1.20 bits per heavy atom. The summed E-state index contributed by atoms with van der Waals surface area (Å²) in [4.78, 5) is 2.50. The van der Waals surface area contributed by atoms with Gasteiger partial charge >= 0.3 is 0 Å². The quantitative estimate of drug-likeness (QED) is 0.865. The van der Waals surface area contributed by atoms with Crippen LogP contribution < -0.4 is 14.8 Å². The lowest BCUT2D eigenvalue weighted by atomic mass is 10.0. The summed E-state index contributed by atoms with van der Waals surface area (Å²) in [5, 5.41) is 3.54. The lowest BCUT2D eigenvalue weighted by Crippen LogP contribution is -2.42. The van der Waals surface area contributed by atoms with Gasteiger partial charge in [0.05, 0.1) is 14.2 Å². The van der Waals surface area contributed by atoms with Gasteiger partial charge in [-0.15, -0.1) is 0 Å². The van der Waals surface area contributed by atoms with Gasteiger partial charge < -0.3 is 14.8 Å². The average molecular weight is 278 g/mol. The second kappa shape index (κ2) is 7.50. The Bertz CT molecular complexity index is 415. The Hall–Kier alpha value is -1.26. The van der Waals surface area contributed by atoms with Crippen molar-refractivity contribution in [1.29, 1.82) is 0 Å².